The highest BCUT2D eigenvalue weighted by atomic mass is 16.5. The molecule has 0 saturated carbocycles. The molecule has 1 saturated heterocycles. The number of H-pyrrole nitrogens is 1. The van der Waals surface area contributed by atoms with E-state index in [-0.39, 0.29) is 5.91 Å². The fourth-order valence-electron chi connectivity index (χ4n) is 3.90. The number of para-hydroxylation sites is 1. The lowest BCUT2D eigenvalue weighted by atomic mass is 10.1. The van der Waals surface area contributed by atoms with Gasteiger partial charge in [0.05, 0.1) is 24.2 Å². The Balaban J connectivity index is 1.27. The first kappa shape index (κ1) is 20.3. The minimum Gasteiger partial charge on any atom is -0.379 e. The molecule has 32 heavy (non-hydrogen) atoms. The van der Waals surface area contributed by atoms with Crippen molar-refractivity contribution in [1.29, 1.82) is 0 Å². The molecule has 4 aromatic rings. The smallest absolute Gasteiger partial charge is 0.272 e. The number of aryl methyl sites for hydroxylation is 1. The first-order chi connectivity index (χ1) is 15.7. The third kappa shape index (κ3) is 4.25. The Morgan fingerprint density at radius 2 is 2.09 bits per heavy atom. The molecule has 0 aliphatic carbocycles. The molecule has 1 fully saturated rings. The zero-order valence-electron chi connectivity index (χ0n) is 17.9. The summed E-state index contributed by atoms with van der Waals surface area (Å²) < 4.78 is 5.35. The number of carbonyl (C=O) groups is 1. The van der Waals surface area contributed by atoms with Crippen molar-refractivity contribution in [3.63, 3.8) is 0 Å². The summed E-state index contributed by atoms with van der Waals surface area (Å²) in [5, 5.41) is 15.2. The Morgan fingerprint density at radius 3 is 2.97 bits per heavy atom. The second kappa shape index (κ2) is 8.89. The summed E-state index contributed by atoms with van der Waals surface area (Å²) in [6.07, 6.45) is 1.81. The zero-order valence-corrected chi connectivity index (χ0v) is 17.9. The van der Waals surface area contributed by atoms with Gasteiger partial charge in [0.25, 0.3) is 5.91 Å². The summed E-state index contributed by atoms with van der Waals surface area (Å²) in [7, 11) is 0. The molecule has 2 aromatic carbocycles. The van der Waals surface area contributed by atoms with Gasteiger partial charge in [-0.15, -0.1) is 0 Å². The van der Waals surface area contributed by atoms with E-state index in [1.54, 1.807) is 0 Å². The molecule has 3 heterocycles. The van der Waals surface area contributed by atoms with Crippen LogP contribution in [-0.4, -0.2) is 70.4 Å². The minimum absolute atomic E-state index is 0.182. The SMILES string of the molecule is Cc1cccc2cnc(Nc3ccc4c(C(=O)NCCN5CCOCC5)n[nH]c4c3)nc12. The summed E-state index contributed by atoms with van der Waals surface area (Å²) in [5.74, 6) is 0.338. The van der Waals surface area contributed by atoms with Gasteiger partial charge in [0, 0.05) is 48.8 Å². The Labute approximate surface area is 185 Å². The summed E-state index contributed by atoms with van der Waals surface area (Å²) in [6, 6.07) is 11.7. The molecule has 5 rings (SSSR count). The standard InChI is InChI=1S/C23H25N7O2/c1-15-3-2-4-16-14-25-23(27-20(15)16)26-17-5-6-18-19(13-17)28-29-21(18)22(31)24-7-8-30-9-11-32-12-10-30/h2-6,13-14H,7-12H2,1H3,(H,24,31)(H,28,29)(H,25,26,27). The molecule has 2 aromatic heterocycles. The number of nitrogens with one attached hydrogen (secondary N) is 3. The number of aromatic amines is 1. The highest BCUT2D eigenvalue weighted by molar-refractivity contribution is 6.05. The fourth-order valence-corrected chi connectivity index (χ4v) is 3.90. The van der Waals surface area contributed by atoms with Crippen molar-refractivity contribution < 1.29 is 9.53 Å². The molecule has 0 unspecified atom stereocenters. The lowest BCUT2D eigenvalue weighted by molar-refractivity contribution is 0.0383. The average molecular weight is 432 g/mol. The fraction of sp³-hybridized carbons (Fsp3) is 0.304. The van der Waals surface area contributed by atoms with Crippen LogP contribution in [0.4, 0.5) is 11.6 Å². The Hall–Kier alpha value is -3.56. The number of hydrogen-bond acceptors (Lipinski definition) is 7. The zero-order chi connectivity index (χ0) is 21.9. The number of morpholine rings is 1. The third-order valence-electron chi connectivity index (χ3n) is 5.66. The van der Waals surface area contributed by atoms with Gasteiger partial charge in [0.1, 0.15) is 0 Å². The van der Waals surface area contributed by atoms with E-state index in [1.807, 2.05) is 49.5 Å². The van der Waals surface area contributed by atoms with E-state index >= 15 is 0 Å². The largest absolute Gasteiger partial charge is 0.379 e. The minimum atomic E-state index is -0.182. The monoisotopic (exact) mass is 431 g/mol. The maximum absolute atomic E-state index is 12.6. The van der Waals surface area contributed by atoms with Crippen LogP contribution in [0.5, 0.6) is 0 Å². The van der Waals surface area contributed by atoms with E-state index < -0.39 is 0 Å². The number of amides is 1. The van der Waals surface area contributed by atoms with Crippen molar-refractivity contribution >= 4 is 39.3 Å². The van der Waals surface area contributed by atoms with Crippen molar-refractivity contribution in [2.75, 3.05) is 44.7 Å². The number of rotatable bonds is 6. The van der Waals surface area contributed by atoms with Crippen LogP contribution in [0.3, 0.4) is 0 Å². The van der Waals surface area contributed by atoms with Crippen molar-refractivity contribution in [3.8, 4) is 0 Å². The Bertz CT molecular complexity index is 1260. The van der Waals surface area contributed by atoms with Crippen LogP contribution in [0, 0.1) is 6.92 Å². The predicted molar refractivity (Wildman–Crippen MR) is 123 cm³/mol. The number of anilines is 2. The number of nitrogens with zero attached hydrogens (tertiary/aromatic N) is 4. The lowest BCUT2D eigenvalue weighted by Gasteiger charge is -2.26. The molecular formula is C23H25N7O2. The third-order valence-corrected chi connectivity index (χ3v) is 5.66. The van der Waals surface area contributed by atoms with E-state index in [2.05, 4.69) is 35.7 Å². The van der Waals surface area contributed by atoms with Crippen LogP contribution >= 0.6 is 0 Å². The second-order valence-electron chi connectivity index (χ2n) is 7.87. The Kier molecular flexibility index (Phi) is 5.66. The molecule has 3 N–H and O–H groups in total. The molecule has 9 heteroatoms. The molecule has 0 radical (unpaired) electrons. The maximum Gasteiger partial charge on any atom is 0.272 e. The van der Waals surface area contributed by atoms with Gasteiger partial charge < -0.3 is 15.4 Å². The van der Waals surface area contributed by atoms with Gasteiger partial charge in [-0.1, -0.05) is 18.2 Å². The normalized spacial score (nSPS) is 14.7. The van der Waals surface area contributed by atoms with E-state index in [9.17, 15) is 4.79 Å². The van der Waals surface area contributed by atoms with Crippen LogP contribution in [0.15, 0.2) is 42.6 Å². The Morgan fingerprint density at radius 1 is 1.22 bits per heavy atom. The number of fused-ring (bicyclic) bond motifs is 2. The molecule has 1 aliphatic rings. The second-order valence-corrected chi connectivity index (χ2v) is 7.87. The number of benzene rings is 2. The van der Waals surface area contributed by atoms with Crippen molar-refractivity contribution in [1.82, 2.24) is 30.4 Å². The topological polar surface area (TPSA) is 108 Å². The molecule has 0 bridgehead atoms. The van der Waals surface area contributed by atoms with Gasteiger partial charge >= 0.3 is 0 Å². The van der Waals surface area contributed by atoms with Crippen molar-refractivity contribution in [2.45, 2.75) is 6.92 Å². The molecule has 0 spiro atoms. The molecular weight excluding hydrogens is 406 g/mol. The van der Waals surface area contributed by atoms with E-state index in [4.69, 9.17) is 4.74 Å². The molecule has 0 atom stereocenters. The molecule has 164 valence electrons. The van der Waals surface area contributed by atoms with Gasteiger partial charge in [0.2, 0.25) is 5.95 Å². The first-order valence-electron chi connectivity index (χ1n) is 10.7. The summed E-state index contributed by atoms with van der Waals surface area (Å²) in [4.78, 5) is 23.9. The van der Waals surface area contributed by atoms with Crippen LogP contribution in [0.25, 0.3) is 21.8 Å². The molecule has 9 nitrogen and oxygen atoms in total. The summed E-state index contributed by atoms with van der Waals surface area (Å²) >= 11 is 0. The lowest BCUT2D eigenvalue weighted by Crippen LogP contribution is -2.41. The van der Waals surface area contributed by atoms with Crippen LogP contribution in [-0.2, 0) is 4.74 Å². The van der Waals surface area contributed by atoms with E-state index in [0.29, 0.717) is 18.2 Å². The van der Waals surface area contributed by atoms with Gasteiger partial charge in [-0.2, -0.15) is 5.10 Å². The predicted octanol–water partition coefficient (Wildman–Crippen LogP) is 2.62. The van der Waals surface area contributed by atoms with Crippen molar-refractivity contribution in [2.24, 2.45) is 0 Å². The number of hydrogen-bond donors (Lipinski definition) is 3. The number of aromatic nitrogens is 4. The maximum atomic E-state index is 12.6. The van der Waals surface area contributed by atoms with Crippen molar-refractivity contribution in [3.05, 3.63) is 53.9 Å². The highest BCUT2D eigenvalue weighted by Gasteiger charge is 2.16. The first-order valence-corrected chi connectivity index (χ1v) is 10.7. The van der Waals surface area contributed by atoms with Crippen LogP contribution < -0.4 is 10.6 Å². The quantitative estimate of drug-likeness (QED) is 0.431. The van der Waals surface area contributed by atoms with Gasteiger partial charge in [0.15, 0.2) is 5.69 Å². The highest BCUT2D eigenvalue weighted by Crippen LogP contribution is 2.23. The summed E-state index contributed by atoms with van der Waals surface area (Å²) in [5.41, 5.74) is 4.00. The van der Waals surface area contributed by atoms with Gasteiger partial charge in [-0.05, 0) is 30.7 Å². The van der Waals surface area contributed by atoms with Crippen LogP contribution in [0.2, 0.25) is 0 Å². The van der Waals surface area contributed by atoms with E-state index in [1.165, 1.54) is 0 Å². The molecule has 1 amide bonds. The number of carbonyl (C=O) groups excluding carboxylic acids is 1. The summed E-state index contributed by atoms with van der Waals surface area (Å²) in [6.45, 7) is 6.71. The number of ether oxygens (including phenoxy) is 1. The molecule has 1 aliphatic heterocycles. The van der Waals surface area contributed by atoms with E-state index in [0.717, 1.165) is 65.9 Å². The van der Waals surface area contributed by atoms with Gasteiger partial charge in [-0.25, -0.2) is 9.97 Å². The average Bonchev–Trinajstić information content (AvgIpc) is 3.24. The van der Waals surface area contributed by atoms with Crippen LogP contribution in [0.1, 0.15) is 16.1 Å². The van der Waals surface area contributed by atoms with Gasteiger partial charge in [-0.3, -0.25) is 14.8 Å².